The van der Waals surface area contributed by atoms with Crippen molar-refractivity contribution in [2.45, 2.75) is 32.2 Å². The number of hydrogen-bond donors (Lipinski definition) is 2. The van der Waals surface area contributed by atoms with Crippen LogP contribution in [0.1, 0.15) is 19.9 Å². The first-order valence-corrected chi connectivity index (χ1v) is 12.8. The SMILES string of the molecule is C=C1C(COP(=O)(C[C@H](C)C(C)=O)Oc2ccccc2)C(O)C(F)C1n1cnc2c(N)ncnc21. The Bertz CT molecular complexity index is 1290. The molecule has 1 aliphatic carbocycles. The fourth-order valence-electron chi connectivity index (χ4n) is 4.08. The van der Waals surface area contributed by atoms with Gasteiger partial charge in [0.15, 0.2) is 17.6 Å². The number of nitrogen functional groups attached to an aromatic ring is 1. The van der Waals surface area contributed by atoms with Crippen LogP contribution in [-0.2, 0) is 13.9 Å². The molecule has 3 N–H and O–H groups in total. The molecule has 1 aliphatic rings. The standard InChI is InChI=1S/C23H27FN5O5P/c1-13(15(3)30)10-35(32,34-16-7-5-4-6-8-16)33-9-17-14(2)20(18(24)21(17)31)29-12-28-19-22(25)26-11-27-23(19)29/h4-8,11-13,17-18,20-21,31H,2,9-10H2,1,3H3,(H2,25,26,27)/t13-,17?,18?,20?,21?,35?/m0/s1. The molecule has 5 unspecified atom stereocenters. The summed E-state index contributed by atoms with van der Waals surface area (Å²) in [5, 5.41) is 10.7. The van der Waals surface area contributed by atoms with Gasteiger partial charge in [-0.25, -0.2) is 23.9 Å². The summed E-state index contributed by atoms with van der Waals surface area (Å²) in [4.78, 5) is 24.0. The van der Waals surface area contributed by atoms with Gasteiger partial charge in [-0.2, -0.15) is 0 Å². The van der Waals surface area contributed by atoms with Crippen LogP contribution in [-0.4, -0.2) is 55.5 Å². The van der Waals surface area contributed by atoms with Gasteiger partial charge >= 0.3 is 7.60 Å². The predicted octanol–water partition coefficient (Wildman–Crippen LogP) is 3.35. The molecule has 0 radical (unpaired) electrons. The van der Waals surface area contributed by atoms with Crippen molar-refractivity contribution in [1.82, 2.24) is 19.5 Å². The Morgan fingerprint density at radius 2 is 2.03 bits per heavy atom. The molecule has 0 aliphatic heterocycles. The maximum absolute atomic E-state index is 15.3. The second kappa shape index (κ2) is 9.85. The van der Waals surface area contributed by atoms with E-state index in [1.165, 1.54) is 24.1 Å². The molecule has 35 heavy (non-hydrogen) atoms. The monoisotopic (exact) mass is 503 g/mol. The first kappa shape index (κ1) is 25.0. The smallest absolute Gasteiger partial charge is 0.379 e. The zero-order valence-electron chi connectivity index (χ0n) is 19.3. The predicted molar refractivity (Wildman–Crippen MR) is 128 cm³/mol. The minimum atomic E-state index is -3.85. The number of carbonyl (C=O) groups is 1. The highest BCUT2D eigenvalue weighted by Crippen LogP contribution is 2.52. The minimum absolute atomic E-state index is 0.145. The van der Waals surface area contributed by atoms with E-state index in [2.05, 4.69) is 21.5 Å². The summed E-state index contributed by atoms with van der Waals surface area (Å²) in [6, 6.07) is 7.42. The lowest BCUT2D eigenvalue weighted by Gasteiger charge is -2.24. The van der Waals surface area contributed by atoms with Crippen LogP contribution in [0.25, 0.3) is 11.2 Å². The third kappa shape index (κ3) is 4.98. The van der Waals surface area contributed by atoms with Crippen LogP contribution in [0, 0.1) is 11.8 Å². The number of fused-ring (bicyclic) bond motifs is 1. The van der Waals surface area contributed by atoms with Gasteiger partial charge in [0.2, 0.25) is 0 Å². The van der Waals surface area contributed by atoms with E-state index in [9.17, 15) is 14.5 Å². The van der Waals surface area contributed by atoms with E-state index < -0.39 is 37.7 Å². The molecular formula is C23H27FN5O5P. The first-order valence-electron chi connectivity index (χ1n) is 11.0. The van der Waals surface area contributed by atoms with E-state index in [1.807, 2.05) is 0 Å². The van der Waals surface area contributed by atoms with Gasteiger partial charge in [-0.05, 0) is 24.6 Å². The zero-order chi connectivity index (χ0) is 25.3. The third-order valence-electron chi connectivity index (χ3n) is 6.21. The van der Waals surface area contributed by atoms with E-state index >= 15 is 4.39 Å². The third-order valence-corrected chi connectivity index (χ3v) is 8.24. The molecule has 1 aromatic carbocycles. The van der Waals surface area contributed by atoms with Crippen molar-refractivity contribution in [3.63, 3.8) is 0 Å². The maximum Gasteiger partial charge on any atom is 0.379 e. The number of benzene rings is 1. The summed E-state index contributed by atoms with van der Waals surface area (Å²) in [7, 11) is -3.85. The molecule has 4 rings (SSSR count). The summed E-state index contributed by atoms with van der Waals surface area (Å²) >= 11 is 0. The second-order valence-corrected chi connectivity index (χ2v) is 10.7. The summed E-state index contributed by atoms with van der Waals surface area (Å²) in [6.45, 7) is 6.68. The number of hydrogen-bond acceptors (Lipinski definition) is 9. The number of alkyl halides is 1. The van der Waals surface area contributed by atoms with E-state index in [0.29, 0.717) is 22.5 Å². The highest BCUT2D eigenvalue weighted by molar-refractivity contribution is 7.54. The van der Waals surface area contributed by atoms with Crippen LogP contribution < -0.4 is 10.3 Å². The fraction of sp³-hybridized carbons (Fsp3) is 0.391. The number of carbonyl (C=O) groups excluding carboxylic acids is 1. The molecular weight excluding hydrogens is 476 g/mol. The summed E-state index contributed by atoms with van der Waals surface area (Å²) < 4.78 is 41.8. The number of rotatable bonds is 9. The molecule has 0 bridgehead atoms. The van der Waals surface area contributed by atoms with Gasteiger partial charge in [-0.15, -0.1) is 0 Å². The van der Waals surface area contributed by atoms with Crippen molar-refractivity contribution < 1.29 is 27.9 Å². The van der Waals surface area contributed by atoms with Crippen LogP contribution in [0.4, 0.5) is 10.2 Å². The molecule has 6 atom stereocenters. The highest BCUT2D eigenvalue weighted by atomic mass is 31.2. The number of aromatic nitrogens is 4. The number of nitrogens with two attached hydrogens (primary N) is 1. The molecule has 12 heteroatoms. The summed E-state index contributed by atoms with van der Waals surface area (Å²) in [6.07, 6.45) is -0.802. The number of halogens is 1. The fourth-order valence-corrected chi connectivity index (χ4v) is 6.07. The molecule has 1 saturated carbocycles. The van der Waals surface area contributed by atoms with Gasteiger partial charge in [0.1, 0.15) is 23.4 Å². The molecule has 10 nitrogen and oxygen atoms in total. The van der Waals surface area contributed by atoms with Crippen molar-refractivity contribution >= 4 is 30.4 Å². The van der Waals surface area contributed by atoms with Gasteiger partial charge < -0.3 is 19.9 Å². The van der Waals surface area contributed by atoms with Crippen molar-refractivity contribution in [3.05, 3.63) is 55.1 Å². The number of aliphatic hydroxyl groups excluding tert-OH is 1. The molecule has 0 spiro atoms. The molecule has 186 valence electrons. The van der Waals surface area contributed by atoms with Crippen molar-refractivity contribution in [3.8, 4) is 5.75 Å². The molecule has 0 amide bonds. The van der Waals surface area contributed by atoms with Gasteiger partial charge in [-0.3, -0.25) is 9.32 Å². The Hall–Kier alpha value is -3.14. The Morgan fingerprint density at radius 1 is 1.31 bits per heavy atom. The summed E-state index contributed by atoms with van der Waals surface area (Å²) in [5.41, 5.74) is 6.75. The van der Waals surface area contributed by atoms with Crippen LogP contribution in [0.2, 0.25) is 0 Å². The van der Waals surface area contributed by atoms with Crippen LogP contribution in [0.3, 0.4) is 0 Å². The van der Waals surface area contributed by atoms with Gasteiger partial charge in [-0.1, -0.05) is 31.7 Å². The Balaban J connectivity index is 1.56. The normalized spacial score (nSPS) is 24.9. The topological polar surface area (TPSA) is 142 Å². The number of Topliss-reactive ketones (excluding diaryl/α,β-unsaturated/α-hetero) is 1. The maximum atomic E-state index is 15.3. The zero-order valence-corrected chi connectivity index (χ0v) is 20.2. The van der Waals surface area contributed by atoms with Gasteiger partial charge in [0.05, 0.1) is 31.2 Å². The van der Waals surface area contributed by atoms with Crippen LogP contribution in [0.5, 0.6) is 5.75 Å². The highest BCUT2D eigenvalue weighted by Gasteiger charge is 2.48. The number of para-hydroxylation sites is 1. The van der Waals surface area contributed by atoms with Crippen molar-refractivity contribution in [2.75, 3.05) is 18.5 Å². The minimum Gasteiger partial charge on any atom is -0.424 e. The molecule has 1 fully saturated rings. The van der Waals surface area contributed by atoms with Crippen LogP contribution in [0.15, 0.2) is 55.1 Å². The Kier molecular flexibility index (Phi) is 7.02. The lowest BCUT2D eigenvalue weighted by molar-refractivity contribution is -0.119. The molecule has 3 aromatic rings. The number of anilines is 1. The lowest BCUT2D eigenvalue weighted by Crippen LogP contribution is -2.28. The Labute approximate surface area is 201 Å². The average Bonchev–Trinajstić information content (AvgIpc) is 3.32. The van der Waals surface area contributed by atoms with E-state index in [-0.39, 0.29) is 24.4 Å². The first-order chi connectivity index (χ1) is 16.6. The van der Waals surface area contributed by atoms with Crippen molar-refractivity contribution in [2.24, 2.45) is 11.8 Å². The molecule has 2 aromatic heterocycles. The number of aliphatic hydroxyl groups is 1. The van der Waals surface area contributed by atoms with Gasteiger partial charge in [0.25, 0.3) is 0 Å². The number of imidazole rings is 1. The van der Waals surface area contributed by atoms with E-state index in [4.69, 9.17) is 14.8 Å². The molecule has 0 saturated heterocycles. The average molecular weight is 503 g/mol. The number of ketones is 1. The largest absolute Gasteiger partial charge is 0.424 e. The van der Waals surface area contributed by atoms with E-state index in [0.717, 1.165) is 0 Å². The van der Waals surface area contributed by atoms with Gasteiger partial charge in [0, 0.05) is 11.8 Å². The van der Waals surface area contributed by atoms with Crippen LogP contribution >= 0.6 is 7.60 Å². The molecule has 2 heterocycles. The number of nitrogens with zero attached hydrogens (tertiary/aromatic N) is 4. The second-order valence-electron chi connectivity index (χ2n) is 8.65. The Morgan fingerprint density at radius 3 is 2.71 bits per heavy atom. The van der Waals surface area contributed by atoms with E-state index in [1.54, 1.807) is 37.3 Å². The summed E-state index contributed by atoms with van der Waals surface area (Å²) in [5.74, 6) is -1.21. The lowest BCUT2D eigenvalue weighted by atomic mass is 10.0. The van der Waals surface area contributed by atoms with Crippen molar-refractivity contribution in [1.29, 1.82) is 0 Å². The quantitative estimate of drug-likeness (QED) is 0.332.